The van der Waals surface area contributed by atoms with E-state index in [-0.39, 0.29) is 10.9 Å². The molecule has 0 aliphatic rings. The minimum atomic E-state index is -0.482. The van der Waals surface area contributed by atoms with Crippen molar-refractivity contribution in [2.24, 2.45) is 0 Å². The quantitative estimate of drug-likeness (QED) is 0.572. The predicted molar refractivity (Wildman–Crippen MR) is 62.0 cm³/mol. The lowest BCUT2D eigenvalue weighted by molar-refractivity contribution is 0.639. The zero-order chi connectivity index (χ0) is 11.1. The Kier molecular flexibility index (Phi) is 1.80. The summed E-state index contributed by atoms with van der Waals surface area (Å²) in [6.07, 6.45) is 0. The Morgan fingerprint density at radius 3 is 2.56 bits per heavy atom. The molecular weight excluding hydrogens is 205 g/mol. The minimum absolute atomic E-state index is 0.126. The summed E-state index contributed by atoms with van der Waals surface area (Å²) < 4.78 is 13.6. The molecule has 1 N–H and O–H groups in total. The van der Waals surface area contributed by atoms with Crippen LogP contribution in [0, 0.1) is 5.82 Å². The molecule has 0 unspecified atom stereocenters. The Morgan fingerprint density at radius 1 is 0.938 bits per heavy atom. The average molecular weight is 213 g/mol. The summed E-state index contributed by atoms with van der Waals surface area (Å²) in [5, 5.41) is 1.64. The van der Waals surface area contributed by atoms with Crippen LogP contribution in [0.15, 0.2) is 47.3 Å². The van der Waals surface area contributed by atoms with Crippen LogP contribution >= 0.6 is 0 Å². The summed E-state index contributed by atoms with van der Waals surface area (Å²) >= 11 is 0. The summed E-state index contributed by atoms with van der Waals surface area (Å²) in [5.41, 5.74) is 0.345. The number of hydrogen-bond acceptors (Lipinski definition) is 1. The Labute approximate surface area is 90.3 Å². The number of rotatable bonds is 0. The van der Waals surface area contributed by atoms with Gasteiger partial charge in [0.25, 0.3) is 5.56 Å². The second-order valence-electron chi connectivity index (χ2n) is 3.66. The molecule has 0 saturated carbocycles. The molecule has 2 nitrogen and oxygen atoms in total. The van der Waals surface area contributed by atoms with Gasteiger partial charge in [0.2, 0.25) is 0 Å². The summed E-state index contributed by atoms with van der Waals surface area (Å²) in [4.78, 5) is 14.4. The van der Waals surface area contributed by atoms with Crippen LogP contribution in [-0.4, -0.2) is 4.98 Å². The van der Waals surface area contributed by atoms with Crippen LogP contribution in [-0.2, 0) is 0 Å². The first-order chi connectivity index (χ1) is 7.77. The highest BCUT2D eigenvalue weighted by Gasteiger charge is 2.07. The molecule has 0 bridgehead atoms. The van der Waals surface area contributed by atoms with E-state index in [4.69, 9.17) is 0 Å². The van der Waals surface area contributed by atoms with E-state index in [9.17, 15) is 9.18 Å². The minimum Gasteiger partial charge on any atom is -0.321 e. The summed E-state index contributed by atoms with van der Waals surface area (Å²) in [7, 11) is 0. The van der Waals surface area contributed by atoms with E-state index in [0.29, 0.717) is 5.39 Å². The third-order valence-corrected chi connectivity index (χ3v) is 2.71. The van der Waals surface area contributed by atoms with Crippen LogP contribution in [0.2, 0.25) is 0 Å². The van der Waals surface area contributed by atoms with Gasteiger partial charge in [0.1, 0.15) is 5.82 Å². The largest absolute Gasteiger partial charge is 0.321 e. The molecule has 0 radical (unpaired) electrons. The number of benzene rings is 2. The lowest BCUT2D eigenvalue weighted by Crippen LogP contribution is -2.07. The SMILES string of the molecule is O=c1[nH]c2ccccc2c2cccc(F)c12. The molecule has 3 aromatic rings. The summed E-state index contributed by atoms with van der Waals surface area (Å²) in [6, 6.07) is 12.1. The van der Waals surface area contributed by atoms with Gasteiger partial charge in [-0.05, 0) is 17.5 Å². The Balaban J connectivity index is 2.71. The Bertz CT molecular complexity index is 746. The van der Waals surface area contributed by atoms with Crippen LogP contribution < -0.4 is 5.56 Å². The fourth-order valence-corrected chi connectivity index (χ4v) is 1.99. The van der Waals surface area contributed by atoms with E-state index < -0.39 is 5.82 Å². The predicted octanol–water partition coefficient (Wildman–Crippen LogP) is 2.82. The van der Waals surface area contributed by atoms with E-state index in [1.807, 2.05) is 18.2 Å². The van der Waals surface area contributed by atoms with Crippen molar-refractivity contribution in [2.75, 3.05) is 0 Å². The van der Waals surface area contributed by atoms with Gasteiger partial charge in [-0.1, -0.05) is 30.3 Å². The number of aromatic nitrogens is 1. The number of fused-ring (bicyclic) bond motifs is 3. The maximum Gasteiger partial charge on any atom is 0.259 e. The van der Waals surface area contributed by atoms with E-state index in [1.165, 1.54) is 6.07 Å². The number of hydrogen-bond donors (Lipinski definition) is 1. The van der Waals surface area contributed by atoms with Crippen molar-refractivity contribution >= 4 is 21.7 Å². The molecule has 3 rings (SSSR count). The van der Waals surface area contributed by atoms with Crippen molar-refractivity contribution in [3.63, 3.8) is 0 Å². The number of nitrogens with one attached hydrogen (secondary N) is 1. The third-order valence-electron chi connectivity index (χ3n) is 2.71. The molecule has 0 atom stereocenters. The van der Waals surface area contributed by atoms with Gasteiger partial charge in [-0.15, -0.1) is 0 Å². The van der Waals surface area contributed by atoms with Crippen molar-refractivity contribution < 1.29 is 4.39 Å². The first-order valence-corrected chi connectivity index (χ1v) is 4.96. The maximum atomic E-state index is 13.6. The Hall–Kier alpha value is -2.16. The molecule has 3 heteroatoms. The number of aromatic amines is 1. The van der Waals surface area contributed by atoms with Crippen molar-refractivity contribution in [2.45, 2.75) is 0 Å². The fraction of sp³-hybridized carbons (Fsp3) is 0. The number of H-pyrrole nitrogens is 1. The van der Waals surface area contributed by atoms with Crippen LogP contribution in [0.5, 0.6) is 0 Å². The van der Waals surface area contributed by atoms with Crippen molar-refractivity contribution in [3.05, 3.63) is 58.6 Å². The smallest absolute Gasteiger partial charge is 0.259 e. The van der Waals surface area contributed by atoms with Gasteiger partial charge in [0.15, 0.2) is 0 Å². The topological polar surface area (TPSA) is 32.9 Å². The van der Waals surface area contributed by atoms with Gasteiger partial charge < -0.3 is 4.98 Å². The number of para-hydroxylation sites is 1. The zero-order valence-electron chi connectivity index (χ0n) is 8.33. The van der Waals surface area contributed by atoms with Gasteiger partial charge in [0, 0.05) is 10.9 Å². The molecule has 16 heavy (non-hydrogen) atoms. The Morgan fingerprint density at radius 2 is 1.69 bits per heavy atom. The van der Waals surface area contributed by atoms with E-state index >= 15 is 0 Å². The molecule has 0 amide bonds. The first kappa shape index (κ1) is 9.09. The maximum absolute atomic E-state index is 13.6. The van der Waals surface area contributed by atoms with Crippen LogP contribution in [0.3, 0.4) is 0 Å². The molecule has 0 aliphatic carbocycles. The third kappa shape index (κ3) is 1.15. The number of halogens is 1. The van der Waals surface area contributed by atoms with E-state index in [2.05, 4.69) is 4.98 Å². The molecule has 1 aromatic heterocycles. The lowest BCUT2D eigenvalue weighted by atomic mass is 10.1. The standard InChI is InChI=1S/C13H8FNO/c14-10-6-3-5-9-8-4-1-2-7-11(8)15-13(16)12(9)10/h1-7H,(H,15,16). The van der Waals surface area contributed by atoms with E-state index in [0.717, 1.165) is 10.9 Å². The highest BCUT2D eigenvalue weighted by molar-refractivity contribution is 6.05. The monoisotopic (exact) mass is 213 g/mol. The van der Waals surface area contributed by atoms with Gasteiger partial charge >= 0.3 is 0 Å². The molecule has 2 aromatic carbocycles. The lowest BCUT2D eigenvalue weighted by Gasteiger charge is -2.03. The number of pyridine rings is 1. The molecule has 0 spiro atoms. The summed E-state index contributed by atoms with van der Waals surface area (Å²) in [5.74, 6) is -0.482. The average Bonchev–Trinajstić information content (AvgIpc) is 2.29. The van der Waals surface area contributed by atoms with Crippen LogP contribution in [0.1, 0.15) is 0 Å². The van der Waals surface area contributed by atoms with Crippen molar-refractivity contribution in [1.29, 1.82) is 0 Å². The molecule has 0 aliphatic heterocycles. The molecule has 0 saturated heterocycles. The molecule has 1 heterocycles. The molecule has 78 valence electrons. The zero-order valence-corrected chi connectivity index (χ0v) is 8.33. The van der Waals surface area contributed by atoms with Gasteiger partial charge in [-0.2, -0.15) is 0 Å². The van der Waals surface area contributed by atoms with Crippen molar-refractivity contribution in [1.82, 2.24) is 4.98 Å². The van der Waals surface area contributed by atoms with Crippen LogP contribution in [0.25, 0.3) is 21.7 Å². The van der Waals surface area contributed by atoms with Gasteiger partial charge in [-0.3, -0.25) is 4.79 Å². The fourth-order valence-electron chi connectivity index (χ4n) is 1.99. The van der Waals surface area contributed by atoms with E-state index in [1.54, 1.807) is 18.2 Å². The summed E-state index contributed by atoms with van der Waals surface area (Å²) in [6.45, 7) is 0. The highest BCUT2D eigenvalue weighted by atomic mass is 19.1. The van der Waals surface area contributed by atoms with Gasteiger partial charge in [0.05, 0.1) is 5.39 Å². The normalized spacial score (nSPS) is 11.1. The highest BCUT2D eigenvalue weighted by Crippen LogP contribution is 2.22. The van der Waals surface area contributed by atoms with Crippen molar-refractivity contribution in [3.8, 4) is 0 Å². The van der Waals surface area contributed by atoms with Crippen LogP contribution in [0.4, 0.5) is 4.39 Å². The molecular formula is C13H8FNO. The van der Waals surface area contributed by atoms with Gasteiger partial charge in [-0.25, -0.2) is 4.39 Å². The first-order valence-electron chi connectivity index (χ1n) is 4.96. The second kappa shape index (κ2) is 3.17. The molecule has 0 fully saturated rings. The second-order valence-corrected chi connectivity index (χ2v) is 3.66.